The van der Waals surface area contributed by atoms with Crippen molar-refractivity contribution in [3.8, 4) is 0 Å². The van der Waals surface area contributed by atoms with E-state index in [-0.39, 0.29) is 17.5 Å². The Labute approximate surface area is 185 Å². The van der Waals surface area contributed by atoms with Crippen LogP contribution >= 0.6 is 0 Å². The van der Waals surface area contributed by atoms with Crippen molar-refractivity contribution in [2.45, 2.75) is 38.0 Å². The summed E-state index contributed by atoms with van der Waals surface area (Å²) in [6.45, 7) is 2.93. The molecule has 5 rings (SSSR count). The molecule has 166 valence electrons. The largest absolute Gasteiger partial charge is 0.371 e. The Balaban J connectivity index is 1.36. The third-order valence-electron chi connectivity index (χ3n) is 6.61. The topological polar surface area (TPSA) is 96.9 Å². The number of amides is 1. The van der Waals surface area contributed by atoms with Gasteiger partial charge in [0.1, 0.15) is 5.82 Å². The highest BCUT2D eigenvalue weighted by molar-refractivity contribution is 6.00. The zero-order valence-electron chi connectivity index (χ0n) is 17.9. The number of carbonyl (C=O) groups excluding carboxylic acids is 1. The van der Waals surface area contributed by atoms with E-state index in [1.807, 2.05) is 33.7 Å². The first-order valence-corrected chi connectivity index (χ1v) is 11.2. The fraction of sp³-hybridized carbons (Fsp3) is 0.435. The number of pyridine rings is 1. The molecule has 0 bridgehead atoms. The van der Waals surface area contributed by atoms with Gasteiger partial charge in [-0.1, -0.05) is 6.07 Å². The Kier molecular flexibility index (Phi) is 5.46. The van der Waals surface area contributed by atoms with Gasteiger partial charge in [0.15, 0.2) is 5.65 Å². The van der Waals surface area contributed by atoms with Crippen LogP contribution in [0.4, 0.5) is 11.4 Å². The summed E-state index contributed by atoms with van der Waals surface area (Å²) >= 11 is 0. The molecule has 2 aromatic heterocycles. The third kappa shape index (κ3) is 3.79. The van der Waals surface area contributed by atoms with E-state index in [0.29, 0.717) is 18.7 Å². The van der Waals surface area contributed by atoms with Crippen molar-refractivity contribution >= 4 is 22.9 Å². The summed E-state index contributed by atoms with van der Waals surface area (Å²) in [5, 5.41) is 20.0. The molecule has 1 aromatic carbocycles. The zero-order chi connectivity index (χ0) is 22.1. The molecule has 9 heteroatoms. The maximum atomic E-state index is 13.5. The number of aromatic nitrogens is 3. The van der Waals surface area contributed by atoms with E-state index in [4.69, 9.17) is 0 Å². The van der Waals surface area contributed by atoms with Crippen LogP contribution in [0.25, 0.3) is 5.65 Å². The molecule has 2 aliphatic heterocycles. The highest BCUT2D eigenvalue weighted by Crippen LogP contribution is 2.32. The molecule has 2 aliphatic rings. The van der Waals surface area contributed by atoms with Crippen LogP contribution in [0.15, 0.2) is 42.6 Å². The van der Waals surface area contributed by atoms with Crippen LogP contribution in [-0.2, 0) is 0 Å². The highest BCUT2D eigenvalue weighted by atomic mass is 16.6. The van der Waals surface area contributed by atoms with Gasteiger partial charge in [0, 0.05) is 50.4 Å². The quantitative estimate of drug-likeness (QED) is 0.459. The molecule has 4 heterocycles. The van der Waals surface area contributed by atoms with Crippen LogP contribution in [0.5, 0.6) is 0 Å². The Morgan fingerprint density at radius 3 is 2.53 bits per heavy atom. The number of nitro benzene ring substituents is 1. The molecule has 0 aliphatic carbocycles. The number of anilines is 1. The van der Waals surface area contributed by atoms with Gasteiger partial charge in [-0.05, 0) is 50.3 Å². The number of likely N-dealkylation sites (tertiary alicyclic amines) is 1. The second kappa shape index (κ2) is 8.57. The lowest BCUT2D eigenvalue weighted by Gasteiger charge is -2.34. The molecule has 32 heavy (non-hydrogen) atoms. The van der Waals surface area contributed by atoms with Gasteiger partial charge in [-0.2, -0.15) is 0 Å². The van der Waals surface area contributed by atoms with Gasteiger partial charge in [0.05, 0.1) is 16.2 Å². The fourth-order valence-electron chi connectivity index (χ4n) is 4.87. The average molecular weight is 435 g/mol. The summed E-state index contributed by atoms with van der Waals surface area (Å²) in [5.74, 6) is 1.03. The standard InChI is InChI=1S/C23H26N6O3/c30-23(19-16-18(29(31)32)7-8-20(19)26-11-3-1-4-12-26)27-14-9-17(10-15-27)22-25-24-21-6-2-5-13-28(21)22/h2,5-8,13,16-17H,1,3-4,9-12,14-15H2. The van der Waals surface area contributed by atoms with E-state index in [2.05, 4.69) is 15.1 Å². The van der Waals surface area contributed by atoms with Crippen LogP contribution in [0.3, 0.4) is 0 Å². The van der Waals surface area contributed by atoms with Crippen LogP contribution in [0.2, 0.25) is 0 Å². The van der Waals surface area contributed by atoms with Crippen molar-refractivity contribution in [2.75, 3.05) is 31.1 Å². The van der Waals surface area contributed by atoms with E-state index in [0.717, 1.165) is 55.9 Å². The smallest absolute Gasteiger partial charge is 0.270 e. The van der Waals surface area contributed by atoms with Crippen LogP contribution in [-0.4, -0.2) is 56.5 Å². The Bertz CT molecular complexity index is 1150. The summed E-state index contributed by atoms with van der Waals surface area (Å²) in [6, 6.07) is 10.5. The molecule has 2 fully saturated rings. The van der Waals surface area contributed by atoms with Crippen LogP contribution < -0.4 is 4.90 Å². The number of carbonyl (C=O) groups is 1. The molecule has 0 spiro atoms. The lowest BCUT2D eigenvalue weighted by molar-refractivity contribution is -0.384. The van der Waals surface area contributed by atoms with E-state index in [1.165, 1.54) is 18.6 Å². The number of fused-ring (bicyclic) bond motifs is 1. The van der Waals surface area contributed by atoms with Crippen LogP contribution in [0, 0.1) is 10.1 Å². The van der Waals surface area contributed by atoms with E-state index >= 15 is 0 Å². The summed E-state index contributed by atoms with van der Waals surface area (Å²) in [7, 11) is 0. The predicted molar refractivity (Wildman–Crippen MR) is 120 cm³/mol. The Morgan fingerprint density at radius 2 is 1.78 bits per heavy atom. The molecule has 0 saturated carbocycles. The normalized spacial score (nSPS) is 17.6. The third-order valence-corrected chi connectivity index (χ3v) is 6.61. The fourth-order valence-corrected chi connectivity index (χ4v) is 4.87. The minimum absolute atomic E-state index is 0.0427. The van der Waals surface area contributed by atoms with E-state index in [9.17, 15) is 14.9 Å². The number of non-ortho nitro benzene ring substituents is 1. The van der Waals surface area contributed by atoms with Gasteiger partial charge in [-0.15, -0.1) is 10.2 Å². The lowest BCUT2D eigenvalue weighted by Crippen LogP contribution is -2.39. The van der Waals surface area contributed by atoms with Crippen molar-refractivity contribution in [1.29, 1.82) is 0 Å². The molecule has 3 aromatic rings. The number of nitro groups is 1. The number of benzene rings is 1. The maximum Gasteiger partial charge on any atom is 0.270 e. The van der Waals surface area contributed by atoms with Gasteiger partial charge in [0.25, 0.3) is 11.6 Å². The predicted octanol–water partition coefficient (Wildman–Crippen LogP) is 3.65. The summed E-state index contributed by atoms with van der Waals surface area (Å²) in [6.07, 6.45) is 6.86. The van der Waals surface area contributed by atoms with Crippen molar-refractivity contribution in [3.63, 3.8) is 0 Å². The van der Waals surface area contributed by atoms with Crippen molar-refractivity contribution in [2.24, 2.45) is 0 Å². The number of hydrogen-bond acceptors (Lipinski definition) is 6. The van der Waals surface area contributed by atoms with Crippen molar-refractivity contribution in [3.05, 3.63) is 64.1 Å². The van der Waals surface area contributed by atoms with E-state index < -0.39 is 4.92 Å². The molecule has 0 radical (unpaired) electrons. The van der Waals surface area contributed by atoms with Gasteiger partial charge >= 0.3 is 0 Å². The number of rotatable bonds is 4. The molecule has 2 saturated heterocycles. The van der Waals surface area contributed by atoms with E-state index in [1.54, 1.807) is 6.07 Å². The number of hydrogen-bond donors (Lipinski definition) is 0. The monoisotopic (exact) mass is 434 g/mol. The Hall–Kier alpha value is -3.49. The Morgan fingerprint density at radius 1 is 1.00 bits per heavy atom. The molecule has 0 atom stereocenters. The van der Waals surface area contributed by atoms with Crippen molar-refractivity contribution < 1.29 is 9.72 Å². The van der Waals surface area contributed by atoms with Crippen LogP contribution in [0.1, 0.15) is 54.2 Å². The van der Waals surface area contributed by atoms with Gasteiger partial charge in [-0.3, -0.25) is 19.3 Å². The first-order valence-electron chi connectivity index (χ1n) is 11.2. The molecular weight excluding hydrogens is 408 g/mol. The second-order valence-electron chi connectivity index (χ2n) is 8.56. The molecule has 0 unspecified atom stereocenters. The van der Waals surface area contributed by atoms with Gasteiger partial charge < -0.3 is 9.80 Å². The number of nitrogens with zero attached hydrogens (tertiary/aromatic N) is 6. The minimum atomic E-state index is -0.431. The zero-order valence-corrected chi connectivity index (χ0v) is 17.9. The van der Waals surface area contributed by atoms with Crippen molar-refractivity contribution in [1.82, 2.24) is 19.5 Å². The second-order valence-corrected chi connectivity index (χ2v) is 8.56. The first-order chi connectivity index (χ1) is 15.6. The first kappa shape index (κ1) is 20.4. The molecule has 0 N–H and O–H groups in total. The minimum Gasteiger partial charge on any atom is -0.371 e. The average Bonchev–Trinajstić information content (AvgIpc) is 3.28. The van der Waals surface area contributed by atoms with Gasteiger partial charge in [-0.25, -0.2) is 0 Å². The molecule has 9 nitrogen and oxygen atoms in total. The maximum absolute atomic E-state index is 13.5. The molecular formula is C23H26N6O3. The SMILES string of the molecule is O=C(c1cc([N+](=O)[O-])ccc1N1CCCCC1)N1CCC(c2nnc3ccccn23)CC1. The summed E-state index contributed by atoms with van der Waals surface area (Å²) < 4.78 is 2.01. The summed E-state index contributed by atoms with van der Waals surface area (Å²) in [4.78, 5) is 28.4. The molecule has 1 amide bonds. The highest BCUT2D eigenvalue weighted by Gasteiger charge is 2.30. The lowest BCUT2D eigenvalue weighted by atomic mass is 9.95. The summed E-state index contributed by atoms with van der Waals surface area (Å²) in [5.41, 5.74) is 2.03. The number of piperidine rings is 2. The van der Waals surface area contributed by atoms with Gasteiger partial charge in [0.2, 0.25) is 0 Å².